The zero-order valence-electron chi connectivity index (χ0n) is 16.6. The molecule has 0 radical (unpaired) electrons. The van der Waals surface area contributed by atoms with E-state index in [2.05, 4.69) is 32.3 Å². The van der Waals surface area contributed by atoms with Crippen LogP contribution in [0.15, 0.2) is 35.1 Å². The van der Waals surface area contributed by atoms with Crippen LogP contribution in [0.2, 0.25) is 0 Å². The van der Waals surface area contributed by atoms with E-state index in [1.807, 2.05) is 6.92 Å². The maximum atomic E-state index is 13.3. The van der Waals surface area contributed by atoms with Crippen LogP contribution in [0.3, 0.4) is 0 Å². The van der Waals surface area contributed by atoms with Crippen LogP contribution in [0.1, 0.15) is 33.1 Å². The van der Waals surface area contributed by atoms with Crippen LogP contribution < -0.4 is 10.2 Å². The summed E-state index contributed by atoms with van der Waals surface area (Å²) < 4.78 is 18.7. The van der Waals surface area contributed by atoms with Crippen molar-refractivity contribution < 1.29 is 13.7 Å². The number of anilines is 1. The van der Waals surface area contributed by atoms with Gasteiger partial charge in [-0.25, -0.2) is 9.37 Å². The van der Waals surface area contributed by atoms with Crippen molar-refractivity contribution in [3.63, 3.8) is 0 Å². The Kier molecular flexibility index (Phi) is 5.42. The van der Waals surface area contributed by atoms with Crippen LogP contribution in [-0.4, -0.2) is 40.2 Å². The Labute approximate surface area is 168 Å². The van der Waals surface area contributed by atoms with Crippen molar-refractivity contribution in [1.82, 2.24) is 20.4 Å². The number of carbonyl (C=O) groups excluding carboxylic acids is 1. The lowest BCUT2D eigenvalue weighted by Crippen LogP contribution is -2.45. The third kappa shape index (κ3) is 3.92. The summed E-state index contributed by atoms with van der Waals surface area (Å²) in [6, 6.07) is 6.24. The molecule has 29 heavy (non-hydrogen) atoms. The monoisotopic (exact) mass is 397 g/mol. The second kappa shape index (κ2) is 8.14. The fraction of sp³-hybridized carbons (Fsp3) is 0.429. The van der Waals surface area contributed by atoms with Gasteiger partial charge in [-0.2, -0.15) is 4.98 Å². The Morgan fingerprint density at radius 3 is 2.90 bits per heavy atom. The van der Waals surface area contributed by atoms with Crippen molar-refractivity contribution in [3.05, 3.63) is 36.4 Å². The van der Waals surface area contributed by atoms with Crippen LogP contribution in [0.5, 0.6) is 0 Å². The largest absolute Gasteiger partial charge is 0.355 e. The number of nitrogens with zero attached hydrogens (tertiary/aromatic N) is 4. The number of halogens is 1. The molecule has 0 unspecified atom stereocenters. The molecule has 1 fully saturated rings. The molecule has 4 rings (SSSR count). The van der Waals surface area contributed by atoms with Gasteiger partial charge in [-0.15, -0.1) is 0 Å². The number of rotatable bonds is 5. The maximum Gasteiger partial charge on any atom is 0.263 e. The summed E-state index contributed by atoms with van der Waals surface area (Å²) in [5.41, 5.74) is 1.67. The van der Waals surface area contributed by atoms with E-state index in [1.54, 1.807) is 12.1 Å². The summed E-state index contributed by atoms with van der Waals surface area (Å²) >= 11 is 0. The first-order chi connectivity index (χ1) is 14.1. The van der Waals surface area contributed by atoms with Crippen LogP contribution in [0.4, 0.5) is 10.2 Å². The fourth-order valence-corrected chi connectivity index (χ4v) is 3.66. The molecule has 0 aliphatic carbocycles. The summed E-state index contributed by atoms with van der Waals surface area (Å²) in [6.07, 6.45) is 4.08. The predicted molar refractivity (Wildman–Crippen MR) is 108 cm³/mol. The van der Waals surface area contributed by atoms with E-state index in [-0.39, 0.29) is 23.7 Å². The van der Waals surface area contributed by atoms with Crippen molar-refractivity contribution in [2.75, 3.05) is 18.0 Å². The van der Waals surface area contributed by atoms with E-state index in [0.29, 0.717) is 29.2 Å². The normalized spacial score (nSPS) is 18.0. The minimum Gasteiger partial charge on any atom is -0.355 e. The molecular formula is C21H24FN5O2. The Morgan fingerprint density at radius 2 is 2.14 bits per heavy atom. The van der Waals surface area contributed by atoms with Gasteiger partial charge in [-0.1, -0.05) is 12.1 Å². The number of hydrogen-bond acceptors (Lipinski definition) is 6. The number of amides is 1. The number of benzene rings is 1. The van der Waals surface area contributed by atoms with Gasteiger partial charge in [-0.05, 0) is 50.5 Å². The first-order valence-corrected chi connectivity index (χ1v) is 9.98. The van der Waals surface area contributed by atoms with E-state index >= 15 is 0 Å². The van der Waals surface area contributed by atoms with Crippen LogP contribution >= 0.6 is 0 Å². The van der Waals surface area contributed by atoms with E-state index in [9.17, 15) is 9.18 Å². The Bertz CT molecular complexity index is 1000. The van der Waals surface area contributed by atoms with Gasteiger partial charge in [0.2, 0.25) is 5.91 Å². The minimum atomic E-state index is -0.316. The van der Waals surface area contributed by atoms with Crippen LogP contribution in [0, 0.1) is 11.7 Å². The first kappa shape index (κ1) is 19.3. The molecule has 1 aliphatic rings. The molecule has 1 aliphatic heterocycles. The van der Waals surface area contributed by atoms with Crippen LogP contribution in [0.25, 0.3) is 22.4 Å². The average molecular weight is 397 g/mol. The van der Waals surface area contributed by atoms with E-state index in [0.717, 1.165) is 31.4 Å². The van der Waals surface area contributed by atoms with Gasteiger partial charge >= 0.3 is 0 Å². The van der Waals surface area contributed by atoms with Crippen molar-refractivity contribution >= 4 is 22.8 Å². The highest BCUT2D eigenvalue weighted by Crippen LogP contribution is 2.34. The Balaban J connectivity index is 1.66. The van der Waals surface area contributed by atoms with Gasteiger partial charge in [0, 0.05) is 24.7 Å². The highest BCUT2D eigenvalue weighted by atomic mass is 19.1. The Hall–Kier alpha value is -3.03. The lowest BCUT2D eigenvalue weighted by molar-refractivity contribution is -0.125. The average Bonchev–Trinajstić information content (AvgIpc) is 3.18. The maximum absolute atomic E-state index is 13.3. The van der Waals surface area contributed by atoms with Crippen molar-refractivity contribution in [1.29, 1.82) is 0 Å². The first-order valence-electron chi connectivity index (χ1n) is 9.98. The van der Waals surface area contributed by atoms with Gasteiger partial charge in [0.05, 0.1) is 5.92 Å². The fourth-order valence-electron chi connectivity index (χ4n) is 3.66. The second-order valence-corrected chi connectivity index (χ2v) is 7.52. The van der Waals surface area contributed by atoms with E-state index in [1.165, 1.54) is 18.5 Å². The number of aromatic nitrogens is 3. The number of piperidine rings is 1. The molecule has 3 aromatic rings. The molecule has 1 saturated heterocycles. The van der Waals surface area contributed by atoms with Gasteiger partial charge in [0.15, 0.2) is 0 Å². The van der Waals surface area contributed by atoms with Gasteiger partial charge < -0.3 is 14.7 Å². The molecule has 3 heterocycles. The number of nitrogens with one attached hydrogen (secondary N) is 1. The number of fused-ring (bicyclic) bond motifs is 1. The molecule has 2 aromatic heterocycles. The third-order valence-electron chi connectivity index (χ3n) is 5.46. The number of hydrogen-bond donors (Lipinski definition) is 1. The molecule has 0 spiro atoms. The molecule has 152 valence electrons. The van der Waals surface area contributed by atoms with Crippen molar-refractivity contribution in [2.24, 2.45) is 5.92 Å². The molecule has 1 N–H and O–H groups in total. The molecule has 0 bridgehead atoms. The summed E-state index contributed by atoms with van der Waals surface area (Å²) in [6.45, 7) is 5.42. The zero-order valence-corrected chi connectivity index (χ0v) is 16.6. The quantitative estimate of drug-likeness (QED) is 0.709. The molecule has 1 amide bonds. The van der Waals surface area contributed by atoms with Crippen molar-refractivity contribution in [3.8, 4) is 11.3 Å². The summed E-state index contributed by atoms with van der Waals surface area (Å²) in [5.74, 6) is 0.358. The topological polar surface area (TPSA) is 84.2 Å². The highest BCUT2D eigenvalue weighted by Gasteiger charge is 2.29. The summed E-state index contributed by atoms with van der Waals surface area (Å²) in [5, 5.41) is 7.91. The molecule has 7 nitrogen and oxygen atoms in total. The summed E-state index contributed by atoms with van der Waals surface area (Å²) in [7, 11) is 0. The molecule has 1 aromatic carbocycles. The van der Waals surface area contributed by atoms with Crippen molar-refractivity contribution in [2.45, 2.75) is 39.2 Å². The smallest absolute Gasteiger partial charge is 0.263 e. The van der Waals surface area contributed by atoms with Crippen LogP contribution in [-0.2, 0) is 4.79 Å². The zero-order chi connectivity index (χ0) is 20.4. The molecule has 8 heteroatoms. The molecule has 0 saturated carbocycles. The Morgan fingerprint density at radius 1 is 1.34 bits per heavy atom. The van der Waals surface area contributed by atoms with Gasteiger partial charge in [-0.3, -0.25) is 4.79 Å². The SMILES string of the molecule is CC[C@H](C)NC(=O)[C@@H]1CCCN(c2ncnc3onc(-c4ccc(F)cc4)c23)C1. The van der Waals surface area contributed by atoms with Gasteiger partial charge in [0.25, 0.3) is 5.71 Å². The molecule has 2 atom stereocenters. The van der Waals surface area contributed by atoms with E-state index in [4.69, 9.17) is 4.52 Å². The predicted octanol–water partition coefficient (Wildman–Crippen LogP) is 3.56. The second-order valence-electron chi connectivity index (χ2n) is 7.52. The van der Waals surface area contributed by atoms with Gasteiger partial charge in [0.1, 0.15) is 29.0 Å². The highest BCUT2D eigenvalue weighted by molar-refractivity contribution is 5.98. The standard InChI is InChI=1S/C21H24FN5O2/c1-3-13(2)25-20(28)15-5-4-10-27(11-15)19-17-18(14-6-8-16(22)9-7-14)26-29-21(17)24-12-23-19/h6-9,12-13,15H,3-5,10-11H2,1-2H3,(H,25,28)/t13-,15+/m0/s1. The lowest BCUT2D eigenvalue weighted by atomic mass is 9.96. The number of carbonyl (C=O) groups is 1. The minimum absolute atomic E-state index is 0.0819. The summed E-state index contributed by atoms with van der Waals surface area (Å²) in [4.78, 5) is 23.4. The lowest BCUT2D eigenvalue weighted by Gasteiger charge is -2.33. The van der Waals surface area contributed by atoms with E-state index < -0.39 is 0 Å². The molecular weight excluding hydrogens is 373 g/mol. The third-order valence-corrected chi connectivity index (χ3v) is 5.46.